The Kier molecular flexibility index (Phi) is 9.37. The lowest BCUT2D eigenvalue weighted by molar-refractivity contribution is -0.155. The second-order valence-electron chi connectivity index (χ2n) is 11.1. The molecule has 1 heterocycles. The smallest absolute Gasteiger partial charge is 0.246 e. The minimum atomic E-state index is -0.912. The van der Waals surface area contributed by atoms with Crippen LogP contribution in [0, 0.1) is 17.7 Å². The zero-order valence-corrected chi connectivity index (χ0v) is 23.7. The lowest BCUT2D eigenvalue weighted by atomic mass is 9.93. The second kappa shape index (κ2) is 12.9. The minimum absolute atomic E-state index is 0.150. The van der Waals surface area contributed by atoms with Crippen molar-refractivity contribution in [3.8, 4) is 0 Å². The van der Waals surface area contributed by atoms with E-state index in [1.165, 1.54) is 24.0 Å². The number of nitrogens with zero attached hydrogens (tertiary/aromatic N) is 2. The van der Waals surface area contributed by atoms with Gasteiger partial charge in [-0.2, -0.15) is 0 Å². The molecule has 216 valence electrons. The molecule has 0 spiro atoms. The van der Waals surface area contributed by atoms with Gasteiger partial charge in [-0.1, -0.05) is 68.4 Å². The number of nitrogens with two attached hydrogens (primary N) is 1. The van der Waals surface area contributed by atoms with E-state index < -0.39 is 29.7 Å². The molecule has 3 aromatic rings. The first-order valence-electron chi connectivity index (χ1n) is 13.9. The van der Waals surface area contributed by atoms with E-state index in [4.69, 9.17) is 5.73 Å². The van der Waals surface area contributed by atoms with Gasteiger partial charge in [0, 0.05) is 33.0 Å². The van der Waals surface area contributed by atoms with Crippen LogP contribution >= 0.6 is 0 Å². The van der Waals surface area contributed by atoms with Gasteiger partial charge in [0.15, 0.2) is 0 Å². The molecule has 1 aliphatic heterocycles. The van der Waals surface area contributed by atoms with Crippen LogP contribution in [-0.2, 0) is 32.0 Å². The molecular formula is C32H37FN4O4. The maximum absolute atomic E-state index is 13.8. The van der Waals surface area contributed by atoms with Gasteiger partial charge >= 0.3 is 0 Å². The Labute approximate surface area is 239 Å². The molecular weight excluding hydrogens is 523 g/mol. The number of halogens is 1. The molecule has 4 amide bonds. The summed E-state index contributed by atoms with van der Waals surface area (Å²) in [4.78, 5) is 55.1. The van der Waals surface area contributed by atoms with Gasteiger partial charge in [-0.25, -0.2) is 4.39 Å². The van der Waals surface area contributed by atoms with E-state index in [1.54, 1.807) is 17.0 Å². The molecule has 1 saturated heterocycles. The topological polar surface area (TPSA) is 113 Å². The van der Waals surface area contributed by atoms with Crippen molar-refractivity contribution in [3.05, 3.63) is 83.7 Å². The summed E-state index contributed by atoms with van der Waals surface area (Å²) < 4.78 is 13.4. The average molecular weight is 561 g/mol. The molecule has 3 aromatic carbocycles. The number of carbonyl (C=O) groups excluding carboxylic acids is 4. The molecule has 0 bridgehead atoms. The van der Waals surface area contributed by atoms with E-state index in [0.29, 0.717) is 12.0 Å². The van der Waals surface area contributed by atoms with Gasteiger partial charge in [0.05, 0.1) is 5.92 Å². The summed E-state index contributed by atoms with van der Waals surface area (Å²) in [7, 11) is 0. The molecule has 1 fully saturated rings. The van der Waals surface area contributed by atoms with Crippen LogP contribution < -0.4 is 11.1 Å². The fourth-order valence-electron chi connectivity index (χ4n) is 5.54. The largest absolute Gasteiger partial charge is 0.369 e. The van der Waals surface area contributed by atoms with Gasteiger partial charge in [0.25, 0.3) is 0 Å². The Morgan fingerprint density at radius 2 is 1.61 bits per heavy atom. The molecule has 0 saturated carbocycles. The van der Waals surface area contributed by atoms with Crippen LogP contribution in [0.2, 0.25) is 0 Å². The van der Waals surface area contributed by atoms with Crippen LogP contribution in [0.25, 0.3) is 10.8 Å². The summed E-state index contributed by atoms with van der Waals surface area (Å²) in [5.74, 6) is -2.71. The summed E-state index contributed by atoms with van der Waals surface area (Å²) in [6.45, 7) is 5.68. The molecule has 3 unspecified atom stereocenters. The van der Waals surface area contributed by atoms with Gasteiger partial charge < -0.3 is 20.9 Å². The highest BCUT2D eigenvalue weighted by Crippen LogP contribution is 2.24. The number of benzene rings is 3. The van der Waals surface area contributed by atoms with E-state index in [2.05, 4.69) is 5.32 Å². The highest BCUT2D eigenvalue weighted by molar-refractivity contribution is 5.93. The van der Waals surface area contributed by atoms with E-state index >= 15 is 0 Å². The van der Waals surface area contributed by atoms with Crippen LogP contribution in [0.15, 0.2) is 66.7 Å². The Hall–Kier alpha value is -4.27. The maximum Gasteiger partial charge on any atom is 0.246 e. The zero-order valence-electron chi connectivity index (χ0n) is 23.7. The maximum atomic E-state index is 13.8. The quantitative estimate of drug-likeness (QED) is 0.397. The molecule has 0 aliphatic carbocycles. The molecule has 3 N–H and O–H groups in total. The zero-order chi connectivity index (χ0) is 29.7. The number of amides is 4. The molecule has 4 rings (SSSR count). The molecule has 9 heteroatoms. The van der Waals surface area contributed by atoms with Crippen molar-refractivity contribution >= 4 is 34.4 Å². The summed E-state index contributed by atoms with van der Waals surface area (Å²) >= 11 is 0. The lowest BCUT2D eigenvalue weighted by Gasteiger charge is -2.44. The third-order valence-corrected chi connectivity index (χ3v) is 7.59. The van der Waals surface area contributed by atoms with Crippen molar-refractivity contribution in [3.63, 3.8) is 0 Å². The fraction of sp³-hybridized carbons (Fsp3) is 0.375. The number of hydrogen-bond donors (Lipinski definition) is 2. The molecule has 0 aromatic heterocycles. The van der Waals surface area contributed by atoms with Crippen LogP contribution in [0.5, 0.6) is 0 Å². The van der Waals surface area contributed by atoms with Gasteiger partial charge in [0.2, 0.25) is 23.6 Å². The average Bonchev–Trinajstić information content (AvgIpc) is 2.93. The number of nitrogens with one attached hydrogen (secondary N) is 1. The monoisotopic (exact) mass is 560 g/mol. The number of fused-ring (bicyclic) bond motifs is 1. The highest BCUT2D eigenvalue weighted by Gasteiger charge is 2.42. The molecule has 41 heavy (non-hydrogen) atoms. The van der Waals surface area contributed by atoms with Crippen molar-refractivity contribution in [2.75, 3.05) is 19.6 Å². The molecule has 1 aliphatic rings. The summed E-state index contributed by atoms with van der Waals surface area (Å²) in [6, 6.07) is 18.0. The van der Waals surface area contributed by atoms with Crippen LogP contribution in [0.4, 0.5) is 4.39 Å². The van der Waals surface area contributed by atoms with E-state index in [1.807, 2.05) is 56.3 Å². The fourth-order valence-corrected chi connectivity index (χ4v) is 5.54. The SMILES string of the molecule is CC(=O)NC(Cc1ccc(F)cc1)C(=O)N1CCN(CC(Cc2ccc3ccccc3c2)C(N)=O)C(=O)C1C(C)C. The third-order valence-electron chi connectivity index (χ3n) is 7.59. The van der Waals surface area contributed by atoms with Gasteiger partial charge in [-0.05, 0) is 46.4 Å². The summed E-state index contributed by atoms with van der Waals surface area (Å²) in [5.41, 5.74) is 7.43. The highest BCUT2D eigenvalue weighted by atomic mass is 19.1. The normalized spacial score (nSPS) is 17.0. The standard InChI is InChI=1S/C32H37FN4O4/c1-20(2)29-32(41)36(19-26(30(34)39)17-23-8-11-24-6-4-5-7-25(24)16-23)14-15-37(29)31(40)28(35-21(3)38)18-22-9-12-27(33)13-10-22/h4-13,16,20,26,28-29H,14-15,17-19H2,1-3H3,(H2,34,39)(H,35,38). The Bertz CT molecular complexity index is 1420. The Balaban J connectivity index is 1.50. The van der Waals surface area contributed by atoms with E-state index in [9.17, 15) is 23.6 Å². The predicted molar refractivity (Wildman–Crippen MR) is 155 cm³/mol. The number of carbonyl (C=O) groups is 4. The predicted octanol–water partition coefficient (Wildman–Crippen LogP) is 3.07. The molecule has 3 atom stereocenters. The summed E-state index contributed by atoms with van der Waals surface area (Å²) in [6.07, 6.45) is 0.550. The first-order valence-corrected chi connectivity index (χ1v) is 13.9. The number of rotatable bonds is 10. The van der Waals surface area contributed by atoms with Crippen molar-refractivity contribution in [2.45, 2.75) is 45.7 Å². The number of piperazine rings is 1. The van der Waals surface area contributed by atoms with Crippen LogP contribution in [0.1, 0.15) is 31.9 Å². The van der Waals surface area contributed by atoms with Gasteiger partial charge in [-0.15, -0.1) is 0 Å². The van der Waals surface area contributed by atoms with Crippen molar-refractivity contribution in [1.82, 2.24) is 15.1 Å². The molecule has 8 nitrogen and oxygen atoms in total. The lowest BCUT2D eigenvalue weighted by Crippen LogP contribution is -2.64. The van der Waals surface area contributed by atoms with Crippen molar-refractivity contribution < 1.29 is 23.6 Å². The molecule has 0 radical (unpaired) electrons. The second-order valence-corrected chi connectivity index (χ2v) is 11.1. The van der Waals surface area contributed by atoms with Crippen LogP contribution in [0.3, 0.4) is 0 Å². The number of hydrogen-bond acceptors (Lipinski definition) is 4. The van der Waals surface area contributed by atoms with E-state index in [-0.39, 0.29) is 49.7 Å². The Morgan fingerprint density at radius 1 is 0.951 bits per heavy atom. The number of primary amides is 1. The van der Waals surface area contributed by atoms with Crippen LogP contribution in [-0.4, -0.2) is 65.1 Å². The third kappa shape index (κ3) is 7.28. The van der Waals surface area contributed by atoms with E-state index in [0.717, 1.165) is 16.3 Å². The Morgan fingerprint density at radius 3 is 2.24 bits per heavy atom. The minimum Gasteiger partial charge on any atom is -0.369 e. The first kappa shape index (κ1) is 29.7. The van der Waals surface area contributed by atoms with Crippen molar-refractivity contribution in [2.24, 2.45) is 17.6 Å². The summed E-state index contributed by atoms with van der Waals surface area (Å²) in [5, 5.41) is 4.86. The van der Waals surface area contributed by atoms with Crippen molar-refractivity contribution in [1.29, 1.82) is 0 Å². The first-order chi connectivity index (χ1) is 19.5. The van der Waals surface area contributed by atoms with Gasteiger partial charge in [-0.3, -0.25) is 19.2 Å². The van der Waals surface area contributed by atoms with Gasteiger partial charge in [0.1, 0.15) is 17.9 Å².